The molecule has 5 heteroatoms. The van der Waals surface area contributed by atoms with E-state index in [4.69, 9.17) is 4.74 Å². The van der Waals surface area contributed by atoms with E-state index in [9.17, 15) is 4.79 Å². The first kappa shape index (κ1) is 16.6. The predicted molar refractivity (Wildman–Crippen MR) is 95.2 cm³/mol. The molecular weight excluding hydrogens is 302 g/mol. The number of carbonyl (C=O) groups is 1. The molecule has 1 aliphatic heterocycles. The van der Waals surface area contributed by atoms with Gasteiger partial charge in [-0.3, -0.25) is 4.79 Å². The Bertz CT molecular complexity index is 713. The van der Waals surface area contributed by atoms with E-state index in [1.807, 2.05) is 44.2 Å². The third kappa shape index (κ3) is 3.31. The molecule has 2 aromatic rings. The molecule has 1 fully saturated rings. The Morgan fingerprint density at radius 2 is 1.88 bits per heavy atom. The van der Waals surface area contributed by atoms with Gasteiger partial charge in [0.25, 0.3) is 5.91 Å². The molecule has 0 atom stereocenters. The molecular formula is C19H25N3O2. The van der Waals surface area contributed by atoms with Crippen LogP contribution < -0.4 is 15.4 Å². The topological polar surface area (TPSA) is 55.3 Å². The molecule has 1 aromatic heterocycles. The number of ether oxygens (including phenoxy) is 1. The fourth-order valence-electron chi connectivity index (χ4n) is 3.35. The molecule has 0 spiro atoms. The smallest absolute Gasteiger partial charge is 0.253 e. The second-order valence-electron chi connectivity index (χ2n) is 6.32. The number of hydrogen-bond acceptors (Lipinski definition) is 3. The number of aryl methyl sites for hydroxylation is 1. The number of carbonyl (C=O) groups excluding carboxylic acids is 1. The SMILES string of the molecule is COc1ccc(-n2c(C)cc(C(=O)NC3CCNCC3)c2C)cc1. The lowest BCUT2D eigenvalue weighted by Gasteiger charge is -2.23. The van der Waals surface area contributed by atoms with Gasteiger partial charge >= 0.3 is 0 Å². The number of nitrogens with zero attached hydrogens (tertiary/aromatic N) is 1. The van der Waals surface area contributed by atoms with Gasteiger partial charge in [-0.05, 0) is 70.1 Å². The first-order chi connectivity index (χ1) is 11.6. The van der Waals surface area contributed by atoms with Crippen molar-refractivity contribution in [2.24, 2.45) is 0 Å². The summed E-state index contributed by atoms with van der Waals surface area (Å²) in [6, 6.07) is 10.1. The number of hydrogen-bond donors (Lipinski definition) is 2. The zero-order valence-corrected chi connectivity index (χ0v) is 14.6. The van der Waals surface area contributed by atoms with Crippen molar-refractivity contribution in [1.82, 2.24) is 15.2 Å². The summed E-state index contributed by atoms with van der Waals surface area (Å²) in [7, 11) is 1.66. The van der Waals surface area contributed by atoms with Crippen LogP contribution in [0, 0.1) is 13.8 Å². The summed E-state index contributed by atoms with van der Waals surface area (Å²) in [6.07, 6.45) is 1.98. The Morgan fingerprint density at radius 3 is 2.50 bits per heavy atom. The summed E-state index contributed by atoms with van der Waals surface area (Å²) in [5.41, 5.74) is 3.80. The van der Waals surface area contributed by atoms with Crippen molar-refractivity contribution in [3.63, 3.8) is 0 Å². The Labute approximate surface area is 143 Å². The molecule has 5 nitrogen and oxygen atoms in total. The number of amides is 1. The van der Waals surface area contributed by atoms with Crippen LogP contribution in [0.15, 0.2) is 30.3 Å². The average molecular weight is 327 g/mol. The molecule has 2 heterocycles. The molecule has 3 rings (SSSR count). The van der Waals surface area contributed by atoms with Crippen molar-refractivity contribution in [3.05, 3.63) is 47.3 Å². The summed E-state index contributed by atoms with van der Waals surface area (Å²) in [5, 5.41) is 6.49. The minimum absolute atomic E-state index is 0.0229. The lowest BCUT2D eigenvalue weighted by molar-refractivity contribution is 0.0929. The fraction of sp³-hybridized carbons (Fsp3) is 0.421. The van der Waals surface area contributed by atoms with E-state index in [1.165, 1.54) is 0 Å². The second kappa shape index (κ2) is 7.09. The molecule has 0 aliphatic carbocycles. The highest BCUT2D eigenvalue weighted by molar-refractivity contribution is 5.96. The molecule has 0 bridgehead atoms. The van der Waals surface area contributed by atoms with E-state index < -0.39 is 0 Å². The Balaban J connectivity index is 1.83. The number of nitrogens with one attached hydrogen (secondary N) is 2. The molecule has 0 unspecified atom stereocenters. The number of rotatable bonds is 4. The van der Waals surface area contributed by atoms with Gasteiger partial charge in [0.2, 0.25) is 0 Å². The van der Waals surface area contributed by atoms with Gasteiger partial charge in [0, 0.05) is 23.1 Å². The van der Waals surface area contributed by atoms with Gasteiger partial charge in [0.05, 0.1) is 12.7 Å². The first-order valence-electron chi connectivity index (χ1n) is 8.45. The predicted octanol–water partition coefficient (Wildman–Crippen LogP) is 2.58. The molecule has 1 saturated heterocycles. The molecule has 0 saturated carbocycles. The van der Waals surface area contributed by atoms with Crippen LogP contribution in [0.2, 0.25) is 0 Å². The van der Waals surface area contributed by atoms with Gasteiger partial charge in [-0.15, -0.1) is 0 Å². The van der Waals surface area contributed by atoms with E-state index in [2.05, 4.69) is 15.2 Å². The summed E-state index contributed by atoms with van der Waals surface area (Å²) in [5.74, 6) is 0.847. The quantitative estimate of drug-likeness (QED) is 0.907. The number of benzene rings is 1. The number of aromatic nitrogens is 1. The standard InChI is InChI=1S/C19H25N3O2/c1-13-12-18(19(23)21-15-8-10-20-11-9-15)14(2)22(13)16-4-6-17(24-3)7-5-16/h4-7,12,15,20H,8-11H2,1-3H3,(H,21,23). The van der Waals surface area contributed by atoms with Crippen LogP contribution in [-0.4, -0.2) is 36.7 Å². The minimum atomic E-state index is 0.0229. The van der Waals surface area contributed by atoms with E-state index in [0.717, 1.165) is 54.3 Å². The normalized spacial score (nSPS) is 15.3. The van der Waals surface area contributed by atoms with E-state index >= 15 is 0 Å². The molecule has 1 aromatic carbocycles. The van der Waals surface area contributed by atoms with E-state index in [1.54, 1.807) is 7.11 Å². The van der Waals surface area contributed by atoms with Gasteiger partial charge in [-0.2, -0.15) is 0 Å². The van der Waals surface area contributed by atoms with Crippen molar-refractivity contribution in [2.75, 3.05) is 20.2 Å². The van der Waals surface area contributed by atoms with Crippen molar-refractivity contribution < 1.29 is 9.53 Å². The third-order valence-corrected chi connectivity index (χ3v) is 4.68. The monoisotopic (exact) mass is 327 g/mol. The maximum absolute atomic E-state index is 12.7. The molecule has 1 amide bonds. The van der Waals surface area contributed by atoms with Crippen molar-refractivity contribution >= 4 is 5.91 Å². The maximum atomic E-state index is 12.7. The number of methoxy groups -OCH3 is 1. The Morgan fingerprint density at radius 1 is 1.21 bits per heavy atom. The van der Waals surface area contributed by atoms with Crippen LogP contribution in [0.5, 0.6) is 5.75 Å². The highest BCUT2D eigenvalue weighted by Crippen LogP contribution is 2.23. The van der Waals surface area contributed by atoms with Gasteiger partial charge in [0.1, 0.15) is 5.75 Å². The molecule has 2 N–H and O–H groups in total. The van der Waals surface area contributed by atoms with E-state index in [0.29, 0.717) is 0 Å². The van der Waals surface area contributed by atoms with Crippen LogP contribution >= 0.6 is 0 Å². The van der Waals surface area contributed by atoms with Crippen LogP contribution in [-0.2, 0) is 0 Å². The summed E-state index contributed by atoms with van der Waals surface area (Å²) in [6.45, 7) is 5.96. The van der Waals surface area contributed by atoms with Crippen LogP contribution in [0.4, 0.5) is 0 Å². The summed E-state index contributed by atoms with van der Waals surface area (Å²) < 4.78 is 7.32. The van der Waals surface area contributed by atoms with Crippen molar-refractivity contribution in [1.29, 1.82) is 0 Å². The largest absolute Gasteiger partial charge is 0.497 e. The van der Waals surface area contributed by atoms with E-state index in [-0.39, 0.29) is 11.9 Å². The first-order valence-corrected chi connectivity index (χ1v) is 8.45. The number of piperidine rings is 1. The van der Waals surface area contributed by atoms with Gasteiger partial charge in [-0.1, -0.05) is 0 Å². The minimum Gasteiger partial charge on any atom is -0.497 e. The highest BCUT2D eigenvalue weighted by Gasteiger charge is 2.20. The zero-order valence-electron chi connectivity index (χ0n) is 14.6. The van der Waals surface area contributed by atoms with Crippen molar-refractivity contribution in [3.8, 4) is 11.4 Å². The molecule has 1 aliphatic rings. The average Bonchev–Trinajstić information content (AvgIpc) is 2.90. The Kier molecular flexibility index (Phi) is 4.90. The van der Waals surface area contributed by atoms with Crippen LogP contribution in [0.1, 0.15) is 34.6 Å². The molecule has 24 heavy (non-hydrogen) atoms. The fourth-order valence-corrected chi connectivity index (χ4v) is 3.35. The highest BCUT2D eigenvalue weighted by atomic mass is 16.5. The lowest BCUT2D eigenvalue weighted by atomic mass is 10.1. The van der Waals surface area contributed by atoms with Gasteiger partial charge in [0.15, 0.2) is 0 Å². The molecule has 128 valence electrons. The summed E-state index contributed by atoms with van der Waals surface area (Å²) >= 11 is 0. The zero-order chi connectivity index (χ0) is 17.1. The van der Waals surface area contributed by atoms with Gasteiger partial charge < -0.3 is 19.9 Å². The molecule has 0 radical (unpaired) electrons. The second-order valence-corrected chi connectivity index (χ2v) is 6.32. The summed E-state index contributed by atoms with van der Waals surface area (Å²) in [4.78, 5) is 12.7. The van der Waals surface area contributed by atoms with Gasteiger partial charge in [-0.25, -0.2) is 0 Å². The van der Waals surface area contributed by atoms with Crippen LogP contribution in [0.3, 0.4) is 0 Å². The van der Waals surface area contributed by atoms with Crippen molar-refractivity contribution in [2.45, 2.75) is 32.7 Å². The third-order valence-electron chi connectivity index (χ3n) is 4.68. The maximum Gasteiger partial charge on any atom is 0.253 e. The van der Waals surface area contributed by atoms with Crippen LogP contribution in [0.25, 0.3) is 5.69 Å². The Hall–Kier alpha value is -2.27. The lowest BCUT2D eigenvalue weighted by Crippen LogP contribution is -2.42.